The van der Waals surface area contributed by atoms with E-state index in [4.69, 9.17) is 9.26 Å². The molecule has 3 aliphatic rings. The van der Waals surface area contributed by atoms with E-state index in [0.29, 0.717) is 43.7 Å². The molecular weight excluding hydrogens is 358 g/mol. The number of morpholine rings is 1. The maximum atomic E-state index is 12.7. The van der Waals surface area contributed by atoms with Crippen molar-refractivity contribution in [1.82, 2.24) is 20.0 Å². The first kappa shape index (κ1) is 17.6. The van der Waals surface area contributed by atoms with Crippen LogP contribution in [0.3, 0.4) is 0 Å². The Morgan fingerprint density at radius 2 is 2.00 bits per heavy atom. The van der Waals surface area contributed by atoms with E-state index in [2.05, 4.69) is 20.0 Å². The molecule has 1 saturated carbocycles. The smallest absolute Gasteiger partial charge is 0.266 e. The van der Waals surface area contributed by atoms with Crippen molar-refractivity contribution in [3.63, 3.8) is 0 Å². The average Bonchev–Trinajstić information content (AvgIpc) is 3.28. The predicted molar refractivity (Wildman–Crippen MR) is 101 cm³/mol. The summed E-state index contributed by atoms with van der Waals surface area (Å²) in [6.07, 6.45) is 7.85. The average molecular weight is 383 g/mol. The van der Waals surface area contributed by atoms with Crippen molar-refractivity contribution in [2.75, 3.05) is 44.3 Å². The fraction of sp³-hybridized carbons (Fsp3) is 0.600. The van der Waals surface area contributed by atoms with Crippen LogP contribution in [0.15, 0.2) is 23.0 Å². The second kappa shape index (κ2) is 7.50. The van der Waals surface area contributed by atoms with Gasteiger partial charge in [-0.3, -0.25) is 9.78 Å². The zero-order chi connectivity index (χ0) is 18.9. The molecule has 0 radical (unpaired) electrons. The van der Waals surface area contributed by atoms with Gasteiger partial charge in [-0.1, -0.05) is 0 Å². The first-order valence-corrected chi connectivity index (χ1v) is 10.2. The molecule has 4 heterocycles. The second-order valence-corrected chi connectivity index (χ2v) is 8.00. The normalized spacial score (nSPS) is 22.6. The number of carbonyl (C=O) groups excluding carboxylic acids is 1. The summed E-state index contributed by atoms with van der Waals surface area (Å²) in [4.78, 5) is 25.6. The molecule has 1 amide bonds. The van der Waals surface area contributed by atoms with E-state index in [1.165, 1.54) is 0 Å². The van der Waals surface area contributed by atoms with Gasteiger partial charge < -0.3 is 19.1 Å². The molecule has 1 atom stereocenters. The highest BCUT2D eigenvalue weighted by Crippen LogP contribution is 2.39. The zero-order valence-corrected chi connectivity index (χ0v) is 15.9. The molecule has 148 valence electrons. The molecule has 0 spiro atoms. The SMILES string of the molecule is O=C(c1cncc(CC2CCN(c3noc(C4CC4)n3)C2)c1)N1CCOCC1. The van der Waals surface area contributed by atoms with E-state index in [-0.39, 0.29) is 5.91 Å². The second-order valence-electron chi connectivity index (χ2n) is 8.00. The van der Waals surface area contributed by atoms with Crippen LogP contribution < -0.4 is 4.90 Å². The number of rotatable bonds is 5. The van der Waals surface area contributed by atoms with Gasteiger partial charge in [0.05, 0.1) is 18.8 Å². The van der Waals surface area contributed by atoms with Gasteiger partial charge in [-0.2, -0.15) is 4.98 Å². The number of hydrogen-bond donors (Lipinski definition) is 0. The molecule has 0 aromatic carbocycles. The molecule has 2 saturated heterocycles. The van der Waals surface area contributed by atoms with Crippen molar-refractivity contribution < 1.29 is 14.1 Å². The molecule has 1 aliphatic carbocycles. The maximum absolute atomic E-state index is 12.7. The topological polar surface area (TPSA) is 84.6 Å². The van der Waals surface area contributed by atoms with Crippen molar-refractivity contribution in [3.05, 3.63) is 35.5 Å². The van der Waals surface area contributed by atoms with E-state index in [1.807, 2.05) is 17.2 Å². The number of aromatic nitrogens is 3. The van der Waals surface area contributed by atoms with E-state index < -0.39 is 0 Å². The van der Waals surface area contributed by atoms with Crippen LogP contribution in [0.25, 0.3) is 0 Å². The van der Waals surface area contributed by atoms with Gasteiger partial charge in [0.2, 0.25) is 5.89 Å². The fourth-order valence-corrected chi connectivity index (χ4v) is 4.03. The Labute approximate surface area is 163 Å². The minimum atomic E-state index is 0.0464. The lowest BCUT2D eigenvalue weighted by Gasteiger charge is -2.26. The summed E-state index contributed by atoms with van der Waals surface area (Å²) in [5.74, 6) is 2.54. The fourth-order valence-electron chi connectivity index (χ4n) is 4.03. The van der Waals surface area contributed by atoms with Gasteiger partial charge in [0.15, 0.2) is 0 Å². The number of ether oxygens (including phenoxy) is 1. The number of pyridine rings is 1. The van der Waals surface area contributed by atoms with Crippen LogP contribution in [0, 0.1) is 5.92 Å². The molecule has 8 nitrogen and oxygen atoms in total. The Balaban J connectivity index is 1.21. The van der Waals surface area contributed by atoms with Gasteiger partial charge in [-0.05, 0) is 48.4 Å². The third-order valence-corrected chi connectivity index (χ3v) is 5.79. The molecule has 0 bridgehead atoms. The molecule has 8 heteroatoms. The number of nitrogens with zero attached hydrogens (tertiary/aromatic N) is 5. The highest BCUT2D eigenvalue weighted by molar-refractivity contribution is 5.94. The maximum Gasteiger partial charge on any atom is 0.266 e. The molecule has 5 rings (SSSR count). The van der Waals surface area contributed by atoms with Crippen LogP contribution in [0.5, 0.6) is 0 Å². The quantitative estimate of drug-likeness (QED) is 0.779. The summed E-state index contributed by atoms with van der Waals surface area (Å²) in [5.41, 5.74) is 1.78. The van der Waals surface area contributed by atoms with Crippen molar-refractivity contribution in [2.24, 2.45) is 5.92 Å². The highest BCUT2D eigenvalue weighted by atomic mass is 16.5. The van der Waals surface area contributed by atoms with E-state index in [9.17, 15) is 4.79 Å². The minimum Gasteiger partial charge on any atom is -0.378 e. The molecular formula is C20H25N5O3. The number of amides is 1. The van der Waals surface area contributed by atoms with Crippen molar-refractivity contribution in [2.45, 2.75) is 31.6 Å². The molecule has 0 N–H and O–H groups in total. The standard InChI is InChI=1S/C20H25N5O3/c26-19(24-5-7-27-8-6-24)17-10-15(11-21-12-17)9-14-3-4-25(13-14)20-22-18(28-23-20)16-1-2-16/h10-12,14,16H,1-9,13H2. The summed E-state index contributed by atoms with van der Waals surface area (Å²) < 4.78 is 10.7. The monoisotopic (exact) mass is 383 g/mol. The molecule has 3 fully saturated rings. The Hall–Kier alpha value is -2.48. The number of hydrogen-bond acceptors (Lipinski definition) is 7. The van der Waals surface area contributed by atoms with Crippen LogP contribution in [-0.4, -0.2) is 65.3 Å². The summed E-state index contributed by atoms with van der Waals surface area (Å²) >= 11 is 0. The van der Waals surface area contributed by atoms with Crippen LogP contribution >= 0.6 is 0 Å². The van der Waals surface area contributed by atoms with Crippen LogP contribution in [0.4, 0.5) is 5.95 Å². The third-order valence-electron chi connectivity index (χ3n) is 5.79. The first-order chi connectivity index (χ1) is 13.8. The Kier molecular flexibility index (Phi) is 4.72. The number of anilines is 1. The zero-order valence-electron chi connectivity index (χ0n) is 15.9. The van der Waals surface area contributed by atoms with Gasteiger partial charge in [0.25, 0.3) is 11.9 Å². The molecule has 28 heavy (non-hydrogen) atoms. The van der Waals surface area contributed by atoms with Crippen LogP contribution in [0.1, 0.15) is 47.0 Å². The predicted octanol–water partition coefficient (Wildman–Crippen LogP) is 1.88. The summed E-state index contributed by atoms with van der Waals surface area (Å²) in [5, 5.41) is 4.16. The highest BCUT2D eigenvalue weighted by Gasteiger charge is 2.32. The van der Waals surface area contributed by atoms with Crippen molar-refractivity contribution >= 4 is 11.9 Å². The Morgan fingerprint density at radius 3 is 2.82 bits per heavy atom. The lowest BCUT2D eigenvalue weighted by molar-refractivity contribution is 0.0302. The van der Waals surface area contributed by atoms with Gasteiger partial charge in [-0.15, -0.1) is 0 Å². The molecule has 1 unspecified atom stereocenters. The lowest BCUT2D eigenvalue weighted by Crippen LogP contribution is -2.40. The largest absolute Gasteiger partial charge is 0.378 e. The number of carbonyl (C=O) groups is 1. The third kappa shape index (κ3) is 3.73. The molecule has 2 aromatic heterocycles. The molecule has 2 aliphatic heterocycles. The first-order valence-electron chi connectivity index (χ1n) is 10.2. The van der Waals surface area contributed by atoms with Crippen LogP contribution in [0.2, 0.25) is 0 Å². The lowest BCUT2D eigenvalue weighted by atomic mass is 9.99. The van der Waals surface area contributed by atoms with Gasteiger partial charge in [-0.25, -0.2) is 0 Å². The van der Waals surface area contributed by atoms with E-state index in [1.54, 1.807) is 6.20 Å². The summed E-state index contributed by atoms with van der Waals surface area (Å²) in [6, 6.07) is 1.99. The Bertz CT molecular complexity index is 844. The van der Waals surface area contributed by atoms with Gasteiger partial charge >= 0.3 is 0 Å². The van der Waals surface area contributed by atoms with Gasteiger partial charge in [0, 0.05) is 44.5 Å². The van der Waals surface area contributed by atoms with E-state index in [0.717, 1.165) is 56.2 Å². The van der Waals surface area contributed by atoms with Crippen molar-refractivity contribution in [3.8, 4) is 0 Å². The summed E-state index contributed by atoms with van der Waals surface area (Å²) in [6.45, 7) is 4.35. The van der Waals surface area contributed by atoms with Crippen molar-refractivity contribution in [1.29, 1.82) is 0 Å². The van der Waals surface area contributed by atoms with E-state index >= 15 is 0 Å². The van der Waals surface area contributed by atoms with Crippen LogP contribution in [-0.2, 0) is 11.2 Å². The summed E-state index contributed by atoms with van der Waals surface area (Å²) in [7, 11) is 0. The Morgan fingerprint density at radius 1 is 1.14 bits per heavy atom. The van der Waals surface area contributed by atoms with Gasteiger partial charge in [0.1, 0.15) is 0 Å². The minimum absolute atomic E-state index is 0.0464. The molecule has 2 aromatic rings.